The van der Waals surface area contributed by atoms with E-state index in [0.29, 0.717) is 5.75 Å². The van der Waals surface area contributed by atoms with Crippen LogP contribution in [0, 0.1) is 23.5 Å². The molecule has 0 aliphatic carbocycles. The minimum Gasteiger partial charge on any atom is -0.489 e. The summed E-state index contributed by atoms with van der Waals surface area (Å²) >= 11 is 5.46. The Kier molecular flexibility index (Phi) is 4.97. The van der Waals surface area contributed by atoms with Crippen LogP contribution in [0.25, 0.3) is 0 Å². The minimum absolute atomic E-state index is 0.0314. The van der Waals surface area contributed by atoms with E-state index in [2.05, 4.69) is 11.8 Å². The lowest BCUT2D eigenvalue weighted by Gasteiger charge is -2.07. The van der Waals surface area contributed by atoms with Crippen LogP contribution in [0.1, 0.15) is 11.1 Å². The predicted molar refractivity (Wildman–Crippen MR) is 74.7 cm³/mol. The van der Waals surface area contributed by atoms with Crippen LogP contribution in [0.5, 0.6) is 5.75 Å². The molecule has 2 aromatic rings. The van der Waals surface area contributed by atoms with Gasteiger partial charge in [-0.2, -0.15) is 0 Å². The molecule has 0 spiro atoms. The summed E-state index contributed by atoms with van der Waals surface area (Å²) < 4.78 is 31.8. The highest BCUT2D eigenvalue weighted by molar-refractivity contribution is 6.19. The maximum atomic E-state index is 13.4. The molecule has 2 aromatic carbocycles. The largest absolute Gasteiger partial charge is 0.489 e. The van der Waals surface area contributed by atoms with E-state index in [9.17, 15) is 8.78 Å². The van der Waals surface area contributed by atoms with Crippen molar-refractivity contribution in [3.8, 4) is 17.6 Å². The predicted octanol–water partition coefficient (Wildman–Crippen LogP) is 4.13. The maximum Gasteiger partial charge on any atom is 0.165 e. The number of halogens is 3. The average molecular weight is 293 g/mol. The molecule has 0 aliphatic rings. The number of alkyl halides is 1. The van der Waals surface area contributed by atoms with Crippen molar-refractivity contribution >= 4 is 11.6 Å². The summed E-state index contributed by atoms with van der Waals surface area (Å²) in [6.07, 6.45) is 0. The van der Waals surface area contributed by atoms with Gasteiger partial charge >= 0.3 is 0 Å². The van der Waals surface area contributed by atoms with Gasteiger partial charge in [-0.25, -0.2) is 8.78 Å². The van der Waals surface area contributed by atoms with Crippen LogP contribution in [-0.4, -0.2) is 5.88 Å². The highest BCUT2D eigenvalue weighted by atomic mass is 35.5. The SMILES string of the molecule is Fc1cccc(COc2ccc(C#CCCl)cc2)c1F. The van der Waals surface area contributed by atoms with Gasteiger partial charge in [0.05, 0.1) is 5.88 Å². The van der Waals surface area contributed by atoms with Crippen LogP contribution in [0.3, 0.4) is 0 Å². The number of ether oxygens (including phenoxy) is 1. The molecule has 0 bridgehead atoms. The van der Waals surface area contributed by atoms with Crippen molar-refractivity contribution in [2.45, 2.75) is 6.61 Å². The number of hydrogen-bond donors (Lipinski definition) is 0. The lowest BCUT2D eigenvalue weighted by atomic mass is 10.2. The molecule has 0 aliphatic heterocycles. The summed E-state index contributed by atoms with van der Waals surface area (Å²) in [5, 5.41) is 0. The summed E-state index contributed by atoms with van der Waals surface area (Å²) in [6.45, 7) is -0.0314. The first-order valence-electron chi connectivity index (χ1n) is 5.91. The molecule has 0 unspecified atom stereocenters. The van der Waals surface area contributed by atoms with Crippen molar-refractivity contribution in [2.75, 3.05) is 5.88 Å². The standard InChI is InChI=1S/C16H11ClF2O/c17-10-2-3-12-6-8-14(9-7-12)20-11-13-4-1-5-15(18)16(13)19/h1,4-9H,10-11H2. The molecule has 1 nitrogen and oxygen atoms in total. The van der Waals surface area contributed by atoms with Gasteiger partial charge in [0.1, 0.15) is 12.4 Å². The van der Waals surface area contributed by atoms with Gasteiger partial charge in [-0.15, -0.1) is 11.6 Å². The van der Waals surface area contributed by atoms with Gasteiger partial charge in [0, 0.05) is 11.1 Å². The van der Waals surface area contributed by atoms with E-state index in [4.69, 9.17) is 16.3 Å². The van der Waals surface area contributed by atoms with E-state index in [0.717, 1.165) is 11.6 Å². The van der Waals surface area contributed by atoms with Gasteiger partial charge in [-0.1, -0.05) is 24.0 Å². The Morgan fingerprint density at radius 2 is 1.80 bits per heavy atom. The second-order valence-corrected chi connectivity index (χ2v) is 4.23. The first kappa shape index (κ1) is 14.4. The van der Waals surface area contributed by atoms with Crippen LogP contribution in [0.4, 0.5) is 8.78 Å². The monoisotopic (exact) mass is 292 g/mol. The fourth-order valence-electron chi connectivity index (χ4n) is 1.59. The lowest BCUT2D eigenvalue weighted by Crippen LogP contribution is -2.00. The maximum absolute atomic E-state index is 13.4. The van der Waals surface area contributed by atoms with Gasteiger partial charge < -0.3 is 4.74 Å². The molecule has 0 fully saturated rings. The molecule has 20 heavy (non-hydrogen) atoms. The third-order valence-corrected chi connectivity index (χ3v) is 2.71. The van der Waals surface area contributed by atoms with E-state index in [1.807, 2.05) is 0 Å². The smallest absolute Gasteiger partial charge is 0.165 e. The lowest BCUT2D eigenvalue weighted by molar-refractivity contribution is 0.297. The minimum atomic E-state index is -0.878. The number of benzene rings is 2. The highest BCUT2D eigenvalue weighted by Gasteiger charge is 2.07. The van der Waals surface area contributed by atoms with Crippen molar-refractivity contribution < 1.29 is 13.5 Å². The molecule has 0 N–H and O–H groups in total. The molecular weight excluding hydrogens is 282 g/mol. The second kappa shape index (κ2) is 6.93. The summed E-state index contributed by atoms with van der Waals surface area (Å²) in [4.78, 5) is 0. The zero-order valence-corrected chi connectivity index (χ0v) is 11.3. The quantitative estimate of drug-likeness (QED) is 0.610. The van der Waals surface area contributed by atoms with Gasteiger partial charge in [0.2, 0.25) is 0 Å². The van der Waals surface area contributed by atoms with Gasteiger partial charge in [-0.05, 0) is 30.3 Å². The van der Waals surface area contributed by atoms with Crippen LogP contribution in [-0.2, 0) is 6.61 Å². The van der Waals surface area contributed by atoms with Crippen molar-refractivity contribution in [1.29, 1.82) is 0 Å². The molecule has 0 saturated carbocycles. The van der Waals surface area contributed by atoms with Crippen LogP contribution in [0.2, 0.25) is 0 Å². The van der Waals surface area contributed by atoms with Crippen molar-refractivity contribution in [1.82, 2.24) is 0 Å². The number of hydrogen-bond acceptors (Lipinski definition) is 1. The Balaban J connectivity index is 2.02. The first-order valence-corrected chi connectivity index (χ1v) is 6.45. The molecular formula is C16H11ClF2O. The molecule has 4 heteroatoms. The fourth-order valence-corrected chi connectivity index (χ4v) is 1.66. The third kappa shape index (κ3) is 3.72. The highest BCUT2D eigenvalue weighted by Crippen LogP contribution is 2.16. The van der Waals surface area contributed by atoms with E-state index in [1.54, 1.807) is 24.3 Å². The fraction of sp³-hybridized carbons (Fsp3) is 0.125. The van der Waals surface area contributed by atoms with Gasteiger partial charge in [0.25, 0.3) is 0 Å². The molecule has 0 saturated heterocycles. The van der Waals surface area contributed by atoms with Crippen LogP contribution >= 0.6 is 11.6 Å². The van der Waals surface area contributed by atoms with E-state index < -0.39 is 11.6 Å². The zero-order chi connectivity index (χ0) is 14.4. The van der Waals surface area contributed by atoms with E-state index >= 15 is 0 Å². The molecule has 0 aromatic heterocycles. The van der Waals surface area contributed by atoms with Crippen molar-refractivity contribution in [3.63, 3.8) is 0 Å². The third-order valence-electron chi connectivity index (χ3n) is 2.58. The Bertz CT molecular complexity index is 642. The molecule has 0 amide bonds. The second-order valence-electron chi connectivity index (χ2n) is 3.96. The summed E-state index contributed by atoms with van der Waals surface area (Å²) in [5.41, 5.74) is 0.992. The van der Waals surface area contributed by atoms with E-state index in [1.165, 1.54) is 12.1 Å². The van der Waals surface area contributed by atoms with Gasteiger partial charge in [-0.3, -0.25) is 0 Å². The topological polar surface area (TPSA) is 9.23 Å². The molecule has 0 heterocycles. The molecule has 0 radical (unpaired) electrons. The Labute approximate surface area is 121 Å². The summed E-state index contributed by atoms with van der Waals surface area (Å²) in [7, 11) is 0. The van der Waals surface area contributed by atoms with Crippen molar-refractivity contribution in [2.24, 2.45) is 0 Å². The summed E-state index contributed by atoms with van der Waals surface area (Å²) in [5.74, 6) is 4.68. The van der Waals surface area contributed by atoms with Crippen LogP contribution < -0.4 is 4.74 Å². The number of rotatable bonds is 3. The summed E-state index contributed by atoms with van der Waals surface area (Å²) in [6, 6.07) is 11.0. The van der Waals surface area contributed by atoms with Crippen LogP contribution in [0.15, 0.2) is 42.5 Å². The van der Waals surface area contributed by atoms with Crippen molar-refractivity contribution in [3.05, 3.63) is 65.2 Å². The molecule has 2 rings (SSSR count). The average Bonchev–Trinajstić information content (AvgIpc) is 2.48. The Morgan fingerprint density at radius 3 is 2.50 bits per heavy atom. The Morgan fingerprint density at radius 1 is 1.05 bits per heavy atom. The molecule has 0 atom stereocenters. The zero-order valence-electron chi connectivity index (χ0n) is 10.5. The van der Waals surface area contributed by atoms with Gasteiger partial charge in [0.15, 0.2) is 11.6 Å². The van der Waals surface area contributed by atoms with E-state index in [-0.39, 0.29) is 18.1 Å². The molecule has 102 valence electrons. The Hall–Kier alpha value is -2.05. The first-order chi connectivity index (χ1) is 9.70. The normalized spacial score (nSPS) is 9.75.